The second-order valence-corrected chi connectivity index (χ2v) is 9.17. The van der Waals surface area contributed by atoms with Crippen LogP contribution in [0.2, 0.25) is 0 Å². The second-order valence-electron chi connectivity index (χ2n) is 9.17. The smallest absolute Gasteiger partial charge is 0.306 e. The first kappa shape index (κ1) is 34.5. The van der Waals surface area contributed by atoms with Crippen LogP contribution < -0.4 is 0 Å². The zero-order valence-electron chi connectivity index (χ0n) is 23.7. The monoisotopic (exact) mass is 530 g/mol. The molecule has 0 aliphatic carbocycles. The van der Waals surface area contributed by atoms with Crippen molar-refractivity contribution >= 4 is 23.9 Å². The van der Waals surface area contributed by atoms with E-state index in [1.807, 2.05) is 6.92 Å². The molecule has 1 N–H and O–H groups in total. The summed E-state index contributed by atoms with van der Waals surface area (Å²) in [5.41, 5.74) is -3.54. The zero-order chi connectivity index (χ0) is 28.6. The molecule has 0 aromatic carbocycles. The van der Waals surface area contributed by atoms with Gasteiger partial charge < -0.3 is 28.8 Å². The fraction of sp³-hybridized carbons (Fsp3) is 0.778. The van der Waals surface area contributed by atoms with Crippen LogP contribution >= 0.6 is 0 Å². The molecular formula is C27H46O10. The van der Waals surface area contributed by atoms with Crippen LogP contribution in [0.3, 0.4) is 0 Å². The Balaban J connectivity index is 6.99. The number of carbonyl (C=O) groups excluding carboxylic acids is 4. The Morgan fingerprint density at radius 3 is 1.70 bits per heavy atom. The summed E-state index contributed by atoms with van der Waals surface area (Å²) in [7, 11) is 1.20. The molecule has 10 heteroatoms. The van der Waals surface area contributed by atoms with Crippen molar-refractivity contribution in [2.75, 3.05) is 13.7 Å². The van der Waals surface area contributed by atoms with Gasteiger partial charge in [-0.25, -0.2) is 0 Å². The average Bonchev–Trinajstić information content (AvgIpc) is 2.82. The fourth-order valence-electron chi connectivity index (χ4n) is 3.87. The molecule has 2 unspecified atom stereocenters. The molecule has 0 heterocycles. The van der Waals surface area contributed by atoms with Crippen molar-refractivity contribution in [1.29, 1.82) is 0 Å². The van der Waals surface area contributed by atoms with Crippen LogP contribution in [0.15, 0.2) is 11.6 Å². The Morgan fingerprint density at radius 1 is 0.784 bits per heavy atom. The van der Waals surface area contributed by atoms with Gasteiger partial charge >= 0.3 is 23.9 Å². The van der Waals surface area contributed by atoms with E-state index >= 15 is 0 Å². The van der Waals surface area contributed by atoms with Gasteiger partial charge in [0.05, 0.1) is 0 Å². The molecular weight excluding hydrogens is 484 g/mol. The first-order valence-electron chi connectivity index (χ1n) is 13.0. The van der Waals surface area contributed by atoms with Crippen molar-refractivity contribution in [2.45, 2.75) is 123 Å². The predicted octanol–water partition coefficient (Wildman–Crippen LogP) is 4.16. The van der Waals surface area contributed by atoms with Crippen LogP contribution in [-0.4, -0.2) is 66.3 Å². The van der Waals surface area contributed by atoms with E-state index in [1.165, 1.54) is 21.0 Å². The molecule has 0 aromatic rings. The van der Waals surface area contributed by atoms with Gasteiger partial charge in [-0.3, -0.25) is 19.2 Å². The Morgan fingerprint density at radius 2 is 1.24 bits per heavy atom. The van der Waals surface area contributed by atoms with E-state index in [9.17, 15) is 24.3 Å². The lowest BCUT2D eigenvalue weighted by molar-refractivity contribution is -0.272. The van der Waals surface area contributed by atoms with E-state index in [0.29, 0.717) is 25.7 Å². The van der Waals surface area contributed by atoms with Gasteiger partial charge in [0.15, 0.2) is 18.0 Å². The summed E-state index contributed by atoms with van der Waals surface area (Å²) < 4.78 is 28.0. The summed E-state index contributed by atoms with van der Waals surface area (Å²) in [6, 6.07) is 0. The number of esters is 4. The Labute approximate surface area is 221 Å². The topological polar surface area (TPSA) is 135 Å². The maximum absolute atomic E-state index is 12.8. The van der Waals surface area contributed by atoms with Crippen molar-refractivity contribution < 1.29 is 48.0 Å². The SMILES string of the molecule is C/C=C(/COC(=O)CCC)C(C)(OC(=O)CCC)[C@H](OC(=O)CCC)C(C)(OC(=O)CCC)[C@H](O)OC. The third kappa shape index (κ3) is 10.4. The molecule has 0 fully saturated rings. The molecule has 0 aliphatic rings. The lowest BCUT2D eigenvalue weighted by Crippen LogP contribution is -2.65. The molecule has 0 amide bonds. The van der Waals surface area contributed by atoms with Crippen LogP contribution in [0.5, 0.6) is 0 Å². The van der Waals surface area contributed by atoms with Gasteiger partial charge in [-0.1, -0.05) is 33.8 Å². The van der Waals surface area contributed by atoms with Gasteiger partial charge in [-0.05, 0) is 46.5 Å². The van der Waals surface area contributed by atoms with E-state index in [2.05, 4.69) is 0 Å². The van der Waals surface area contributed by atoms with Gasteiger partial charge in [0, 0.05) is 38.4 Å². The Bertz CT molecular complexity index is 777. The highest BCUT2D eigenvalue weighted by Crippen LogP contribution is 2.39. The van der Waals surface area contributed by atoms with Crippen molar-refractivity contribution in [3.05, 3.63) is 11.6 Å². The highest BCUT2D eigenvalue weighted by Gasteiger charge is 2.59. The normalized spacial score (nSPS) is 16.5. The molecule has 4 atom stereocenters. The third-order valence-corrected chi connectivity index (χ3v) is 5.83. The number of allylic oxidation sites excluding steroid dienone is 1. The van der Waals surface area contributed by atoms with Gasteiger partial charge in [0.25, 0.3) is 0 Å². The van der Waals surface area contributed by atoms with Crippen molar-refractivity contribution in [3.8, 4) is 0 Å². The van der Waals surface area contributed by atoms with Crippen LogP contribution in [0.1, 0.15) is 99.8 Å². The van der Waals surface area contributed by atoms with E-state index in [-0.39, 0.29) is 37.9 Å². The zero-order valence-corrected chi connectivity index (χ0v) is 23.7. The van der Waals surface area contributed by atoms with E-state index in [0.717, 1.165) is 0 Å². The summed E-state index contributed by atoms with van der Waals surface area (Å²) in [4.78, 5) is 50.4. The number of hydrogen-bond acceptors (Lipinski definition) is 10. The fourth-order valence-corrected chi connectivity index (χ4v) is 3.87. The highest BCUT2D eigenvalue weighted by atomic mass is 16.7. The maximum atomic E-state index is 12.8. The minimum atomic E-state index is -2.01. The van der Waals surface area contributed by atoms with E-state index in [1.54, 1.807) is 33.8 Å². The van der Waals surface area contributed by atoms with Gasteiger partial charge in [0.1, 0.15) is 6.61 Å². The first-order chi connectivity index (χ1) is 17.4. The van der Waals surface area contributed by atoms with Crippen LogP contribution in [-0.2, 0) is 42.9 Å². The van der Waals surface area contributed by atoms with Gasteiger partial charge in [-0.15, -0.1) is 0 Å². The molecule has 0 rings (SSSR count). The quantitative estimate of drug-likeness (QED) is 0.119. The molecule has 0 spiro atoms. The molecule has 0 aliphatic heterocycles. The minimum Gasteiger partial charge on any atom is -0.461 e. The largest absolute Gasteiger partial charge is 0.461 e. The third-order valence-electron chi connectivity index (χ3n) is 5.83. The summed E-state index contributed by atoms with van der Waals surface area (Å²) >= 11 is 0. The summed E-state index contributed by atoms with van der Waals surface area (Å²) in [6.45, 7) is 11.4. The number of ether oxygens (including phenoxy) is 5. The summed E-state index contributed by atoms with van der Waals surface area (Å²) in [5, 5.41) is 10.9. The van der Waals surface area contributed by atoms with Crippen LogP contribution in [0, 0.1) is 0 Å². The van der Waals surface area contributed by atoms with E-state index in [4.69, 9.17) is 23.7 Å². The standard InChI is InChI=1S/C27H46O10/c1-9-14-20(28)34-18-19(13-5)26(6,36-22(30)16-11-3)24(35-21(29)15-10-2)27(7,25(32)33-8)37-23(31)17-12-4/h13,24-25,32H,9-12,14-18H2,1-8H3/b19-13-/t24-,25+,26?,27?/m0/s1. The molecule has 0 aromatic heterocycles. The number of hydrogen-bond donors (Lipinski definition) is 1. The molecule has 0 saturated heterocycles. The molecule has 37 heavy (non-hydrogen) atoms. The Hall–Kier alpha value is -2.46. The van der Waals surface area contributed by atoms with E-state index < -0.39 is 47.5 Å². The highest BCUT2D eigenvalue weighted by molar-refractivity contribution is 5.73. The number of rotatable bonds is 18. The van der Waals surface area contributed by atoms with Gasteiger partial charge in [0.2, 0.25) is 5.60 Å². The molecule has 10 nitrogen and oxygen atoms in total. The van der Waals surface area contributed by atoms with Crippen molar-refractivity contribution in [2.24, 2.45) is 0 Å². The predicted molar refractivity (Wildman–Crippen MR) is 136 cm³/mol. The summed E-state index contributed by atoms with van der Waals surface area (Å²) in [5.74, 6) is -2.41. The van der Waals surface area contributed by atoms with Gasteiger partial charge in [-0.2, -0.15) is 0 Å². The maximum Gasteiger partial charge on any atom is 0.306 e. The first-order valence-corrected chi connectivity index (χ1v) is 13.0. The molecule has 214 valence electrons. The van der Waals surface area contributed by atoms with Crippen LogP contribution in [0.25, 0.3) is 0 Å². The molecule has 0 bridgehead atoms. The van der Waals surface area contributed by atoms with Crippen molar-refractivity contribution in [3.63, 3.8) is 0 Å². The van der Waals surface area contributed by atoms with Crippen LogP contribution in [0.4, 0.5) is 0 Å². The number of methoxy groups -OCH3 is 1. The number of aliphatic hydroxyl groups excluding tert-OH is 1. The Kier molecular flexibility index (Phi) is 16.0. The molecule has 0 saturated carbocycles. The van der Waals surface area contributed by atoms with Crippen molar-refractivity contribution in [1.82, 2.24) is 0 Å². The molecule has 0 radical (unpaired) electrons. The number of carbonyl (C=O) groups is 4. The number of aliphatic hydroxyl groups is 1. The minimum absolute atomic E-state index is 0.0220. The summed E-state index contributed by atoms with van der Waals surface area (Å²) in [6.07, 6.45) is 0.523. The second kappa shape index (κ2) is 17.1. The lowest BCUT2D eigenvalue weighted by Gasteiger charge is -2.47. The average molecular weight is 531 g/mol. The lowest BCUT2D eigenvalue weighted by atomic mass is 9.79.